The number of hydrogen-bond donors (Lipinski definition) is 1. The van der Waals surface area contributed by atoms with Gasteiger partial charge in [0.25, 0.3) is 0 Å². The lowest BCUT2D eigenvalue weighted by atomic mass is 10.1. The smallest absolute Gasteiger partial charge is 0.406 e. The maximum atomic E-state index is 12.4. The summed E-state index contributed by atoms with van der Waals surface area (Å²) < 4.78 is 41.0. The molecule has 1 saturated carbocycles. The van der Waals surface area contributed by atoms with Crippen LogP contribution in [0.2, 0.25) is 0 Å². The van der Waals surface area contributed by atoms with Gasteiger partial charge >= 0.3 is 6.36 Å². The lowest BCUT2D eigenvalue weighted by molar-refractivity contribution is -0.274. The molecule has 2 amide bonds. The second-order valence-electron chi connectivity index (χ2n) is 8.63. The van der Waals surface area contributed by atoms with Gasteiger partial charge in [0.05, 0.1) is 18.2 Å². The topological polar surface area (TPSA) is 134 Å². The highest BCUT2D eigenvalue weighted by Gasteiger charge is 2.50. The molecule has 0 saturated heterocycles. The number of hydrogen-bond acceptors (Lipinski definition) is 9. The van der Waals surface area contributed by atoms with Crippen molar-refractivity contribution in [3.8, 4) is 11.8 Å². The minimum absolute atomic E-state index is 0.159. The molecule has 0 unspecified atom stereocenters. The zero-order valence-corrected chi connectivity index (χ0v) is 20.8. The van der Waals surface area contributed by atoms with E-state index in [1.54, 1.807) is 12.1 Å². The number of carbonyl (C=O) groups is 2. The number of rotatable bonds is 12. The summed E-state index contributed by atoms with van der Waals surface area (Å²) in [6, 6.07) is 10.7. The highest BCUT2D eigenvalue weighted by atomic mass is 32.1. The van der Waals surface area contributed by atoms with Crippen LogP contribution < -0.4 is 15.0 Å². The molecule has 1 N–H and O–H groups in total. The number of aryl methyl sites for hydroxylation is 2. The normalized spacial score (nSPS) is 13.8. The second kappa shape index (κ2) is 11.5. The molecule has 3 aromatic rings. The maximum absolute atomic E-state index is 12.4. The summed E-state index contributed by atoms with van der Waals surface area (Å²) in [6.45, 7) is 0. The van der Waals surface area contributed by atoms with Gasteiger partial charge in [0.15, 0.2) is 5.82 Å². The molecule has 0 radical (unpaired) electrons. The number of benzene rings is 1. The highest BCUT2D eigenvalue weighted by molar-refractivity contribution is 7.15. The van der Waals surface area contributed by atoms with E-state index in [9.17, 15) is 28.0 Å². The number of unbranched alkanes of at least 4 members (excludes halogenated alkanes) is 1. The van der Waals surface area contributed by atoms with Crippen LogP contribution in [0.25, 0.3) is 0 Å². The summed E-state index contributed by atoms with van der Waals surface area (Å²) in [7, 11) is 0. The third-order valence-electron chi connectivity index (χ3n) is 5.72. The van der Waals surface area contributed by atoms with Crippen LogP contribution in [-0.2, 0) is 28.9 Å². The average Bonchev–Trinajstić information content (AvgIpc) is 3.52. The van der Waals surface area contributed by atoms with Crippen LogP contribution in [-0.4, -0.2) is 44.6 Å². The van der Waals surface area contributed by atoms with Gasteiger partial charge in [-0.2, -0.15) is 10.4 Å². The molecule has 198 valence electrons. The third-order valence-corrected chi connectivity index (χ3v) is 6.70. The monoisotopic (exact) mass is 545 g/mol. The summed E-state index contributed by atoms with van der Waals surface area (Å²) >= 11 is 1.30. The first-order chi connectivity index (χ1) is 18.2. The summed E-state index contributed by atoms with van der Waals surface area (Å²) in [5.41, 5.74) is 0.307. The molecule has 10 nitrogen and oxygen atoms in total. The van der Waals surface area contributed by atoms with Crippen LogP contribution in [0, 0.1) is 11.3 Å². The Balaban J connectivity index is 1.20. The molecule has 38 heavy (non-hydrogen) atoms. The average molecular weight is 546 g/mol. The minimum atomic E-state index is -4.81. The first kappa shape index (κ1) is 26.9. The van der Waals surface area contributed by atoms with Crippen molar-refractivity contribution in [2.24, 2.45) is 0 Å². The first-order valence-electron chi connectivity index (χ1n) is 11.7. The van der Waals surface area contributed by atoms with Gasteiger partial charge in [-0.15, -0.1) is 28.5 Å². The zero-order valence-electron chi connectivity index (χ0n) is 19.9. The SMILES string of the molecule is N#CC1(N(C=O)c2nnc(CCCCc3ccc(NC(=O)Cc4cccc(OC(F)(F)F)c4)nn3)s2)CC1. The summed E-state index contributed by atoms with van der Waals surface area (Å²) in [6.07, 6.45) is -0.148. The van der Waals surface area contributed by atoms with Crippen molar-refractivity contribution in [1.82, 2.24) is 20.4 Å². The number of carbonyl (C=O) groups excluding carboxylic acids is 2. The molecule has 0 bridgehead atoms. The lowest BCUT2D eigenvalue weighted by Gasteiger charge is -2.17. The fourth-order valence-corrected chi connectivity index (χ4v) is 4.60. The molecule has 1 aromatic carbocycles. The van der Waals surface area contributed by atoms with Gasteiger partial charge in [-0.05, 0) is 61.9 Å². The molecule has 1 fully saturated rings. The number of nitrogens with one attached hydrogen (secondary N) is 1. The molecule has 2 heterocycles. The molecule has 1 aliphatic carbocycles. The molecular formula is C24H22F3N7O3S. The Morgan fingerprint density at radius 2 is 1.95 bits per heavy atom. The number of nitrogens with zero attached hydrogens (tertiary/aromatic N) is 6. The number of aromatic nitrogens is 4. The molecule has 1 aliphatic rings. The Labute approximate surface area is 219 Å². The minimum Gasteiger partial charge on any atom is -0.406 e. The number of nitriles is 1. The molecule has 2 aromatic heterocycles. The number of anilines is 2. The number of amides is 2. The maximum Gasteiger partial charge on any atom is 0.573 e. The third kappa shape index (κ3) is 7.22. The van der Waals surface area contributed by atoms with E-state index >= 15 is 0 Å². The van der Waals surface area contributed by atoms with E-state index in [-0.39, 0.29) is 12.2 Å². The first-order valence-corrected chi connectivity index (χ1v) is 12.5. The Morgan fingerprint density at radius 1 is 1.16 bits per heavy atom. The molecule has 0 atom stereocenters. The summed E-state index contributed by atoms with van der Waals surface area (Å²) in [5.74, 6) is -0.622. The molecule has 4 rings (SSSR count). The predicted octanol–water partition coefficient (Wildman–Crippen LogP) is 3.99. The summed E-state index contributed by atoms with van der Waals surface area (Å²) in [5, 5.41) is 29.4. The largest absolute Gasteiger partial charge is 0.573 e. The van der Waals surface area contributed by atoms with Crippen LogP contribution in [0.15, 0.2) is 36.4 Å². The second-order valence-corrected chi connectivity index (χ2v) is 9.67. The van der Waals surface area contributed by atoms with E-state index in [2.05, 4.69) is 36.5 Å². The quantitative estimate of drug-likeness (QED) is 0.267. The number of ether oxygens (including phenoxy) is 1. The number of alkyl halides is 3. The molecule has 0 aliphatic heterocycles. The van der Waals surface area contributed by atoms with E-state index in [4.69, 9.17) is 0 Å². The van der Waals surface area contributed by atoms with Gasteiger partial charge in [0.2, 0.25) is 17.4 Å². The van der Waals surface area contributed by atoms with Gasteiger partial charge < -0.3 is 10.1 Å². The van der Waals surface area contributed by atoms with Crippen LogP contribution in [0.3, 0.4) is 0 Å². The van der Waals surface area contributed by atoms with Crippen LogP contribution in [0.5, 0.6) is 5.75 Å². The highest BCUT2D eigenvalue weighted by Crippen LogP contribution is 2.43. The van der Waals surface area contributed by atoms with E-state index in [1.807, 2.05) is 0 Å². The zero-order chi connectivity index (χ0) is 27.2. The van der Waals surface area contributed by atoms with E-state index in [0.717, 1.165) is 35.7 Å². The van der Waals surface area contributed by atoms with E-state index in [0.29, 0.717) is 42.8 Å². The number of halogens is 3. The van der Waals surface area contributed by atoms with Crippen LogP contribution in [0.4, 0.5) is 24.1 Å². The molecule has 14 heteroatoms. The van der Waals surface area contributed by atoms with Crippen molar-refractivity contribution < 1.29 is 27.5 Å². The Hall–Kier alpha value is -4.12. The van der Waals surface area contributed by atoms with Crippen molar-refractivity contribution in [1.29, 1.82) is 5.26 Å². The lowest BCUT2D eigenvalue weighted by Crippen LogP contribution is -2.34. The van der Waals surface area contributed by atoms with Crippen molar-refractivity contribution >= 4 is 34.6 Å². The van der Waals surface area contributed by atoms with Gasteiger partial charge in [0, 0.05) is 6.42 Å². The van der Waals surface area contributed by atoms with Crippen molar-refractivity contribution in [3.63, 3.8) is 0 Å². The van der Waals surface area contributed by atoms with Gasteiger partial charge in [0.1, 0.15) is 16.3 Å². The Kier molecular flexibility index (Phi) is 8.16. The molecular weight excluding hydrogens is 523 g/mol. The standard InChI is InChI=1S/C24H22F3N7O3S/c25-24(26,27)37-18-6-3-4-16(12-18)13-20(36)29-19-9-8-17(30-31-19)5-1-2-7-21-32-33-22(38-21)34(15-35)23(14-28)10-11-23/h3-4,6,8-9,12,15H,1-2,5,7,10-11,13H2,(H,29,31,36). The summed E-state index contributed by atoms with van der Waals surface area (Å²) in [4.78, 5) is 25.1. The van der Waals surface area contributed by atoms with E-state index < -0.39 is 23.6 Å². The van der Waals surface area contributed by atoms with Gasteiger partial charge in [-0.1, -0.05) is 23.5 Å². The van der Waals surface area contributed by atoms with Gasteiger partial charge in [-0.3, -0.25) is 14.5 Å². The molecule has 0 spiro atoms. The van der Waals surface area contributed by atoms with Crippen molar-refractivity contribution in [3.05, 3.63) is 52.7 Å². The van der Waals surface area contributed by atoms with Gasteiger partial charge in [-0.25, -0.2) is 0 Å². The van der Waals surface area contributed by atoms with Crippen molar-refractivity contribution in [2.45, 2.75) is 56.8 Å². The Bertz CT molecular complexity index is 1320. The van der Waals surface area contributed by atoms with Crippen LogP contribution >= 0.6 is 11.3 Å². The van der Waals surface area contributed by atoms with Crippen molar-refractivity contribution in [2.75, 3.05) is 10.2 Å². The van der Waals surface area contributed by atoms with E-state index in [1.165, 1.54) is 28.4 Å². The predicted molar refractivity (Wildman–Crippen MR) is 130 cm³/mol. The fourth-order valence-electron chi connectivity index (χ4n) is 3.66. The fraction of sp³-hybridized carbons (Fsp3) is 0.375. The Morgan fingerprint density at radius 3 is 2.61 bits per heavy atom. The van der Waals surface area contributed by atoms with Crippen LogP contribution in [0.1, 0.15) is 41.9 Å².